The van der Waals surface area contributed by atoms with Gasteiger partial charge in [-0.1, -0.05) is 13.5 Å². The van der Waals surface area contributed by atoms with Crippen LogP contribution in [0.3, 0.4) is 0 Å². The molecule has 0 unspecified atom stereocenters. The molecular formula is C7H14KNO4S. The molecule has 0 saturated heterocycles. The summed E-state index contributed by atoms with van der Waals surface area (Å²) in [5.41, 5.74) is 0. The summed E-state index contributed by atoms with van der Waals surface area (Å²) < 4.78 is 29.2. The summed E-state index contributed by atoms with van der Waals surface area (Å²) in [5, 5.41) is 2.42. The van der Waals surface area contributed by atoms with Crippen molar-refractivity contribution in [1.29, 1.82) is 0 Å². The van der Waals surface area contributed by atoms with Gasteiger partial charge in [-0.25, -0.2) is 0 Å². The fraction of sp³-hybridized carbons (Fsp3) is 0.571. The monoisotopic (exact) mass is 247 g/mol. The Morgan fingerprint density at radius 1 is 1.71 bits per heavy atom. The zero-order valence-electron chi connectivity index (χ0n) is 9.36. The molecule has 5 nitrogen and oxygen atoms in total. The van der Waals surface area contributed by atoms with Gasteiger partial charge in [0.05, 0.1) is 5.75 Å². The van der Waals surface area contributed by atoms with Crippen LogP contribution in [0, 0.1) is 5.92 Å². The van der Waals surface area contributed by atoms with Gasteiger partial charge < -0.3 is 6.74 Å². The number of carbonyl (C=O) groups excluding carboxylic acids is 1. The minimum atomic E-state index is -3.96. The maximum absolute atomic E-state index is 10.6. The molecule has 1 atom stereocenters. The van der Waals surface area contributed by atoms with Gasteiger partial charge in [-0.15, -0.1) is 0 Å². The Labute approximate surface area is 128 Å². The molecule has 2 N–H and O–H groups in total. The minimum Gasteiger partial charge on any atom is -1.00 e. The van der Waals surface area contributed by atoms with Gasteiger partial charge in [0.15, 0.2) is 0 Å². The Balaban J connectivity index is -0.000000720. The van der Waals surface area contributed by atoms with Gasteiger partial charge in [0.25, 0.3) is 10.1 Å². The molecule has 0 aromatic carbocycles. The molecule has 0 bridgehead atoms. The average Bonchev–Trinajstić information content (AvgIpc) is 1.97. The summed E-state index contributed by atoms with van der Waals surface area (Å²) in [6.45, 7) is 5.04. The number of hydrogen-bond acceptors (Lipinski definition) is 3. The Morgan fingerprint density at radius 2 is 2.21 bits per heavy atom. The number of rotatable bonds is 5. The first-order chi connectivity index (χ1) is 5.85. The van der Waals surface area contributed by atoms with Crippen molar-refractivity contribution in [3.05, 3.63) is 12.7 Å². The van der Waals surface area contributed by atoms with Crippen LogP contribution >= 0.6 is 0 Å². The molecule has 0 saturated carbocycles. The Hall–Kier alpha value is 0.756. The molecule has 78 valence electrons. The van der Waals surface area contributed by atoms with Crippen LogP contribution < -0.4 is 56.7 Å². The van der Waals surface area contributed by atoms with E-state index in [1.807, 2.05) is 0 Å². The van der Waals surface area contributed by atoms with Crippen LogP contribution in [0.25, 0.3) is 0 Å². The molecule has 14 heavy (non-hydrogen) atoms. The van der Waals surface area contributed by atoms with Crippen LogP contribution in [0.1, 0.15) is 8.35 Å². The predicted molar refractivity (Wildman–Crippen MR) is 49.9 cm³/mol. The summed E-state index contributed by atoms with van der Waals surface area (Å²) >= 11 is 0. The summed E-state index contributed by atoms with van der Waals surface area (Å²) in [5.74, 6) is -1.04. The van der Waals surface area contributed by atoms with E-state index >= 15 is 0 Å². The maximum Gasteiger partial charge on any atom is 1.00 e. The van der Waals surface area contributed by atoms with Gasteiger partial charge in [-0.2, -0.15) is 8.42 Å². The van der Waals surface area contributed by atoms with E-state index in [0.29, 0.717) is 0 Å². The summed E-state index contributed by atoms with van der Waals surface area (Å²) in [6, 6.07) is 0. The van der Waals surface area contributed by atoms with Crippen molar-refractivity contribution in [2.45, 2.75) is 6.92 Å². The SMILES string of the molecule is C=CC(=O)NC[C@H](C)CS(=O)(=O)O.[H-].[K+]. The van der Waals surface area contributed by atoms with Crippen LogP contribution in [0.15, 0.2) is 12.7 Å². The van der Waals surface area contributed by atoms with Crippen molar-refractivity contribution in [2.24, 2.45) is 5.92 Å². The molecule has 0 aliphatic carbocycles. The first-order valence-corrected chi connectivity index (χ1v) is 5.31. The zero-order chi connectivity index (χ0) is 10.5. The quantitative estimate of drug-likeness (QED) is 0.307. The molecule has 0 aromatic heterocycles. The molecule has 1 amide bonds. The van der Waals surface area contributed by atoms with Crippen molar-refractivity contribution >= 4 is 16.0 Å². The number of amides is 1. The third kappa shape index (κ3) is 10.8. The summed E-state index contributed by atoms with van der Waals surface area (Å²) in [6.07, 6.45) is 1.10. The Bertz CT molecular complexity index is 293. The van der Waals surface area contributed by atoms with Crippen molar-refractivity contribution in [2.75, 3.05) is 12.3 Å². The topological polar surface area (TPSA) is 83.5 Å². The summed E-state index contributed by atoms with van der Waals surface area (Å²) in [7, 11) is -3.96. The van der Waals surface area contributed by atoms with Gasteiger partial charge in [0.1, 0.15) is 0 Å². The second-order valence-electron chi connectivity index (χ2n) is 2.80. The Kier molecular flexibility index (Phi) is 9.77. The fourth-order valence-corrected chi connectivity index (χ4v) is 1.60. The van der Waals surface area contributed by atoms with Crippen molar-refractivity contribution in [3.63, 3.8) is 0 Å². The third-order valence-electron chi connectivity index (χ3n) is 1.31. The van der Waals surface area contributed by atoms with Gasteiger partial charge in [-0.05, 0) is 12.0 Å². The average molecular weight is 247 g/mol. The van der Waals surface area contributed by atoms with Crippen LogP contribution in [0.2, 0.25) is 0 Å². The van der Waals surface area contributed by atoms with E-state index in [9.17, 15) is 13.2 Å². The van der Waals surface area contributed by atoms with Crippen LogP contribution in [0.4, 0.5) is 0 Å². The number of carbonyl (C=O) groups is 1. The molecule has 0 fully saturated rings. The number of nitrogens with one attached hydrogen (secondary N) is 1. The minimum absolute atomic E-state index is 0. The van der Waals surface area contributed by atoms with E-state index < -0.39 is 10.1 Å². The molecule has 0 spiro atoms. The molecular weight excluding hydrogens is 233 g/mol. The molecule has 0 radical (unpaired) electrons. The zero-order valence-corrected chi connectivity index (χ0v) is 12.3. The molecule has 0 aliphatic rings. The first-order valence-electron chi connectivity index (χ1n) is 3.70. The fourth-order valence-electron chi connectivity index (χ4n) is 0.765. The molecule has 0 rings (SSSR count). The normalized spacial score (nSPS) is 12.4. The largest absolute Gasteiger partial charge is 1.00 e. The Morgan fingerprint density at radius 3 is 2.57 bits per heavy atom. The smallest absolute Gasteiger partial charge is 1.00 e. The maximum atomic E-state index is 10.6. The molecule has 0 aliphatic heterocycles. The van der Waals surface area contributed by atoms with Gasteiger partial charge >= 0.3 is 51.4 Å². The second-order valence-corrected chi connectivity index (χ2v) is 4.30. The molecule has 7 heteroatoms. The van der Waals surface area contributed by atoms with E-state index in [4.69, 9.17) is 4.55 Å². The third-order valence-corrected chi connectivity index (χ3v) is 2.30. The van der Waals surface area contributed by atoms with E-state index in [0.717, 1.165) is 6.08 Å². The van der Waals surface area contributed by atoms with E-state index in [1.165, 1.54) is 0 Å². The van der Waals surface area contributed by atoms with Crippen molar-refractivity contribution in [1.82, 2.24) is 5.32 Å². The van der Waals surface area contributed by atoms with Crippen LogP contribution in [-0.2, 0) is 14.9 Å². The standard InChI is InChI=1S/C7H13NO4S.K.H/c1-3-7(9)8-4-6(2)5-13(10,11)12;;/h3,6H,1,4-5H2,2H3,(H,8,9)(H,10,11,12);;/q;+1;-1/t6-;;/m0../s1. The molecule has 0 heterocycles. The van der Waals surface area contributed by atoms with Gasteiger partial charge in [-0.3, -0.25) is 9.35 Å². The number of hydrogen-bond donors (Lipinski definition) is 2. The first kappa shape index (κ1) is 17.2. The van der Waals surface area contributed by atoms with Crippen molar-refractivity contribution in [3.8, 4) is 0 Å². The second kappa shape index (κ2) is 7.97. The molecule has 0 aromatic rings. The van der Waals surface area contributed by atoms with Crippen LogP contribution in [0.5, 0.6) is 0 Å². The summed E-state index contributed by atoms with van der Waals surface area (Å²) in [4.78, 5) is 10.6. The van der Waals surface area contributed by atoms with E-state index in [1.54, 1.807) is 6.92 Å². The van der Waals surface area contributed by atoms with E-state index in [-0.39, 0.29) is 76.9 Å². The van der Waals surface area contributed by atoms with Crippen molar-refractivity contribution < 1.29 is 70.6 Å². The van der Waals surface area contributed by atoms with Gasteiger partial charge in [0.2, 0.25) is 5.91 Å². The van der Waals surface area contributed by atoms with Gasteiger partial charge in [0, 0.05) is 6.54 Å². The predicted octanol–water partition coefficient (Wildman–Crippen LogP) is -3.07. The van der Waals surface area contributed by atoms with Crippen LogP contribution in [-0.4, -0.2) is 31.2 Å². The van der Waals surface area contributed by atoms with E-state index in [2.05, 4.69) is 11.9 Å².